The maximum absolute atomic E-state index is 15.3. The molecule has 1 unspecified atom stereocenters. The van der Waals surface area contributed by atoms with E-state index >= 15 is 4.39 Å². The molecule has 38 heavy (non-hydrogen) atoms. The summed E-state index contributed by atoms with van der Waals surface area (Å²) in [6.45, 7) is 0.479. The van der Waals surface area contributed by atoms with Gasteiger partial charge < -0.3 is 29.6 Å². The Morgan fingerprint density at radius 3 is 2.82 bits per heavy atom. The smallest absolute Gasteiger partial charge is 0.296 e. The Morgan fingerprint density at radius 2 is 1.97 bits per heavy atom. The Morgan fingerprint density at radius 1 is 1.11 bits per heavy atom. The molecule has 3 N–H and O–H groups in total. The molecule has 7 rings (SSSR count). The van der Waals surface area contributed by atoms with Crippen molar-refractivity contribution in [3.8, 4) is 17.3 Å². The van der Waals surface area contributed by atoms with Crippen molar-refractivity contribution in [2.45, 2.75) is 43.3 Å². The van der Waals surface area contributed by atoms with Gasteiger partial charge in [-0.1, -0.05) is 11.6 Å². The number of hydrogen-bond donors (Lipinski definition) is 3. The number of hydrogen-bond acceptors (Lipinski definition) is 8. The number of anilines is 1. The van der Waals surface area contributed by atoms with Crippen molar-refractivity contribution >= 4 is 28.6 Å². The molecule has 2 fully saturated rings. The van der Waals surface area contributed by atoms with E-state index in [1.165, 1.54) is 18.2 Å². The number of ether oxygens (including phenoxy) is 3. The van der Waals surface area contributed by atoms with E-state index in [1.807, 2.05) is 6.07 Å². The lowest BCUT2D eigenvalue weighted by molar-refractivity contribution is 0.00706. The Balaban J connectivity index is 1.11. The fourth-order valence-electron chi connectivity index (χ4n) is 5.46. The van der Waals surface area contributed by atoms with Crippen molar-refractivity contribution in [1.82, 2.24) is 19.9 Å². The molecule has 0 radical (unpaired) electrons. The number of aryl methyl sites for hydroxylation is 1. The summed E-state index contributed by atoms with van der Waals surface area (Å²) >= 11 is 6.52. The fourth-order valence-corrected chi connectivity index (χ4v) is 5.67. The molecule has 4 aromatic rings. The Bertz CT molecular complexity index is 1530. The number of pyridine rings is 2. The van der Waals surface area contributed by atoms with Gasteiger partial charge in [-0.2, -0.15) is 4.98 Å². The third-order valence-corrected chi connectivity index (χ3v) is 7.54. The highest BCUT2D eigenvalue weighted by atomic mass is 35.5. The van der Waals surface area contributed by atoms with Crippen molar-refractivity contribution in [2.24, 2.45) is 0 Å². The van der Waals surface area contributed by atoms with E-state index in [-0.39, 0.29) is 37.2 Å². The number of benzene rings is 1. The third-order valence-electron chi connectivity index (χ3n) is 7.25. The van der Waals surface area contributed by atoms with E-state index in [0.717, 1.165) is 11.8 Å². The minimum Gasteiger partial charge on any atom is -0.456 e. The number of imidazole rings is 1. The molecule has 0 amide bonds. The van der Waals surface area contributed by atoms with Gasteiger partial charge in [-0.3, -0.25) is 4.98 Å². The number of rotatable bonds is 5. The van der Waals surface area contributed by atoms with E-state index in [9.17, 15) is 9.50 Å². The molecule has 2 saturated heterocycles. The number of nitrogens with one attached hydrogen (secondary N) is 2. The maximum Gasteiger partial charge on any atom is 0.296 e. The zero-order chi connectivity index (χ0) is 26.0. The van der Waals surface area contributed by atoms with Gasteiger partial charge in [-0.05, 0) is 48.7 Å². The lowest BCUT2D eigenvalue weighted by Crippen LogP contribution is -2.34. The van der Waals surface area contributed by atoms with Crippen molar-refractivity contribution in [2.75, 3.05) is 18.5 Å². The molecule has 0 saturated carbocycles. The van der Waals surface area contributed by atoms with Gasteiger partial charge in [-0.25, -0.2) is 13.8 Å². The summed E-state index contributed by atoms with van der Waals surface area (Å²) in [5.41, 5.74) is 3.47. The van der Waals surface area contributed by atoms with Crippen LogP contribution in [0.1, 0.15) is 23.6 Å². The van der Waals surface area contributed by atoms with Gasteiger partial charge in [0.2, 0.25) is 0 Å². The predicted octanol–water partition coefficient (Wildman–Crippen LogP) is 3.96. The molecule has 3 aliphatic rings. The largest absolute Gasteiger partial charge is 0.456 e. The first kappa shape index (κ1) is 23.7. The maximum atomic E-state index is 15.3. The summed E-state index contributed by atoms with van der Waals surface area (Å²) in [5, 5.41) is 13.5. The third kappa shape index (κ3) is 4.06. The lowest BCUT2D eigenvalue weighted by atomic mass is 10.0. The average molecular weight is 542 g/mol. The molecule has 196 valence electrons. The van der Waals surface area contributed by atoms with Crippen molar-refractivity contribution in [3.05, 3.63) is 64.3 Å². The molecule has 2 aliphatic heterocycles. The van der Waals surface area contributed by atoms with Crippen molar-refractivity contribution in [1.29, 1.82) is 0 Å². The van der Waals surface area contributed by atoms with Gasteiger partial charge in [0.1, 0.15) is 35.8 Å². The minimum absolute atomic E-state index is 0.205. The standard InChI is InChI=1S/C26H22ClF2N5O4/c27-14-7-18-25(34-26(32-18)38-20-10-37-22-19(35)9-36-23(20)22)33-24(14)31-17-3-1-11-5-12(6-15(29)21(11)17)16-4-2-13(28)8-30-16/h2,4-8,17,19-20,22-23,35H,1,3,9-10H2,(H2,31,32,33,34)/t17?,19-,20-,22-,23-/m1/s1. The first-order valence-electron chi connectivity index (χ1n) is 12.3. The van der Waals surface area contributed by atoms with E-state index in [4.69, 9.17) is 25.8 Å². The molecule has 12 heteroatoms. The summed E-state index contributed by atoms with van der Waals surface area (Å²) in [5.74, 6) is -0.437. The molecule has 1 aromatic carbocycles. The highest BCUT2D eigenvalue weighted by molar-refractivity contribution is 6.33. The second-order valence-corrected chi connectivity index (χ2v) is 10.1. The summed E-state index contributed by atoms with van der Waals surface area (Å²) < 4.78 is 45.7. The van der Waals surface area contributed by atoms with Crippen LogP contribution in [0.4, 0.5) is 14.6 Å². The summed E-state index contributed by atoms with van der Waals surface area (Å²) in [6.07, 6.45) is 0.545. The van der Waals surface area contributed by atoms with E-state index in [1.54, 1.807) is 6.07 Å². The first-order valence-corrected chi connectivity index (χ1v) is 12.7. The molecule has 3 aromatic heterocycles. The first-order chi connectivity index (χ1) is 18.4. The average Bonchev–Trinajstić information content (AvgIpc) is 3.66. The molecule has 5 atom stereocenters. The molecule has 5 heterocycles. The van der Waals surface area contributed by atoms with E-state index in [2.05, 4.69) is 25.3 Å². The highest BCUT2D eigenvalue weighted by Crippen LogP contribution is 2.39. The molecule has 1 aliphatic carbocycles. The fraction of sp³-hybridized carbons (Fsp3) is 0.346. The number of H-pyrrole nitrogens is 1. The predicted molar refractivity (Wildman–Crippen MR) is 133 cm³/mol. The topological polar surface area (TPSA) is 114 Å². The van der Waals surface area contributed by atoms with Crippen LogP contribution in [-0.4, -0.2) is 62.7 Å². The van der Waals surface area contributed by atoms with Crippen molar-refractivity contribution < 1.29 is 28.1 Å². The number of aliphatic hydroxyl groups is 1. The van der Waals surface area contributed by atoms with E-state index < -0.39 is 24.1 Å². The molecule has 9 nitrogen and oxygen atoms in total. The molecule has 0 bridgehead atoms. The van der Waals surface area contributed by atoms with E-state index in [0.29, 0.717) is 51.7 Å². The van der Waals surface area contributed by atoms with Crippen LogP contribution >= 0.6 is 11.6 Å². The number of fused-ring (bicyclic) bond motifs is 3. The lowest BCUT2D eigenvalue weighted by Gasteiger charge is -2.17. The van der Waals surface area contributed by atoms with Crippen LogP contribution < -0.4 is 10.1 Å². The van der Waals surface area contributed by atoms with Gasteiger partial charge in [0.05, 0.1) is 41.7 Å². The van der Waals surface area contributed by atoms with Gasteiger partial charge in [-0.15, -0.1) is 0 Å². The minimum atomic E-state index is -0.671. The number of aromatic amines is 1. The monoisotopic (exact) mass is 541 g/mol. The van der Waals surface area contributed by atoms with Crippen LogP contribution in [0.15, 0.2) is 36.5 Å². The summed E-state index contributed by atoms with van der Waals surface area (Å²) in [7, 11) is 0. The van der Waals surface area contributed by atoms with Crippen LogP contribution in [0, 0.1) is 11.6 Å². The molecular weight excluding hydrogens is 520 g/mol. The normalized spacial score (nSPS) is 26.1. The SMILES string of the molecule is O[C@@H]1CO[C@H]2[C@@H]1OC[C@H]2Oc1nc2nc(NC3CCc4cc(-c5ccc(F)cn5)cc(F)c43)c(Cl)cc2[nH]1. The number of nitrogens with zero attached hydrogens (tertiary/aromatic N) is 3. The highest BCUT2D eigenvalue weighted by Gasteiger charge is 2.48. The van der Waals surface area contributed by atoms with Gasteiger partial charge >= 0.3 is 0 Å². The quantitative estimate of drug-likeness (QED) is 0.348. The van der Waals surface area contributed by atoms with Crippen LogP contribution in [0.3, 0.4) is 0 Å². The number of aromatic nitrogens is 4. The Hall–Kier alpha value is -3.38. The summed E-state index contributed by atoms with van der Waals surface area (Å²) in [6, 6.07) is 7.72. The second-order valence-electron chi connectivity index (χ2n) is 9.68. The zero-order valence-corrected chi connectivity index (χ0v) is 20.6. The van der Waals surface area contributed by atoms with Crippen LogP contribution in [-0.2, 0) is 15.9 Å². The van der Waals surface area contributed by atoms with Crippen molar-refractivity contribution in [3.63, 3.8) is 0 Å². The zero-order valence-electron chi connectivity index (χ0n) is 19.8. The van der Waals surface area contributed by atoms with Crippen LogP contribution in [0.25, 0.3) is 22.4 Å². The van der Waals surface area contributed by atoms with Crippen LogP contribution in [0.5, 0.6) is 6.01 Å². The van der Waals surface area contributed by atoms with Gasteiger partial charge in [0.15, 0.2) is 11.8 Å². The van der Waals surface area contributed by atoms with Crippen LogP contribution in [0.2, 0.25) is 5.02 Å². The van der Waals surface area contributed by atoms with Gasteiger partial charge in [0.25, 0.3) is 6.01 Å². The Labute approximate surface area is 220 Å². The van der Waals surface area contributed by atoms with Gasteiger partial charge in [0, 0.05) is 11.1 Å². The number of halogens is 3. The second kappa shape index (κ2) is 9.12. The number of aliphatic hydroxyl groups excluding tert-OH is 1. The Kier molecular flexibility index (Phi) is 5.69. The molecule has 0 spiro atoms. The summed E-state index contributed by atoms with van der Waals surface area (Å²) in [4.78, 5) is 16.1. The molecular formula is C26H22ClF2N5O4.